The third-order valence-electron chi connectivity index (χ3n) is 3.71. The molecular formula is C17H14BrNO2. The Kier molecular flexibility index (Phi) is 3.64. The van der Waals surface area contributed by atoms with E-state index in [0.29, 0.717) is 18.5 Å². The van der Waals surface area contributed by atoms with Gasteiger partial charge in [-0.1, -0.05) is 70.5 Å². The van der Waals surface area contributed by atoms with Crippen molar-refractivity contribution in [1.82, 2.24) is 5.32 Å². The molecule has 0 radical (unpaired) electrons. The minimum atomic E-state index is -1.18. The standard InChI is InChI=1S/C17H14BrNO2/c18-17(10-13-8-4-5-9-14(13)15(17)20)16(21)19-11-12-6-2-1-3-7-12/h1-9H,10-11H2,(H,19,21)/t17-/m0/s1. The maximum absolute atomic E-state index is 12.5. The van der Waals surface area contributed by atoms with Gasteiger partial charge in [0.25, 0.3) is 0 Å². The third-order valence-corrected chi connectivity index (χ3v) is 4.71. The van der Waals surface area contributed by atoms with Gasteiger partial charge < -0.3 is 5.32 Å². The van der Waals surface area contributed by atoms with Crippen molar-refractivity contribution in [3.63, 3.8) is 0 Å². The summed E-state index contributed by atoms with van der Waals surface area (Å²) in [6.45, 7) is 0.413. The molecule has 0 bridgehead atoms. The summed E-state index contributed by atoms with van der Waals surface area (Å²) < 4.78 is -1.18. The Morgan fingerprint density at radius 2 is 1.76 bits per heavy atom. The van der Waals surface area contributed by atoms with Gasteiger partial charge in [0, 0.05) is 18.5 Å². The van der Waals surface area contributed by atoms with Crippen LogP contribution in [0.4, 0.5) is 0 Å². The van der Waals surface area contributed by atoms with E-state index in [-0.39, 0.29) is 11.7 Å². The van der Waals surface area contributed by atoms with Crippen molar-refractivity contribution in [3.8, 4) is 0 Å². The highest BCUT2D eigenvalue weighted by Gasteiger charge is 2.49. The topological polar surface area (TPSA) is 46.2 Å². The van der Waals surface area contributed by atoms with E-state index in [1.54, 1.807) is 6.07 Å². The molecule has 0 fully saturated rings. The smallest absolute Gasteiger partial charge is 0.245 e. The van der Waals surface area contributed by atoms with Crippen LogP contribution in [0.1, 0.15) is 21.5 Å². The van der Waals surface area contributed by atoms with Gasteiger partial charge in [0.1, 0.15) is 0 Å². The number of carbonyl (C=O) groups is 2. The molecule has 21 heavy (non-hydrogen) atoms. The maximum atomic E-state index is 12.5. The lowest BCUT2D eigenvalue weighted by molar-refractivity contribution is -0.122. The first-order chi connectivity index (χ1) is 10.1. The second-order valence-electron chi connectivity index (χ2n) is 5.13. The molecule has 2 aromatic carbocycles. The van der Waals surface area contributed by atoms with E-state index in [1.807, 2.05) is 48.5 Å². The van der Waals surface area contributed by atoms with E-state index in [9.17, 15) is 9.59 Å². The van der Waals surface area contributed by atoms with Crippen LogP contribution in [0.2, 0.25) is 0 Å². The van der Waals surface area contributed by atoms with Gasteiger partial charge in [-0.3, -0.25) is 9.59 Å². The van der Waals surface area contributed by atoms with Gasteiger partial charge in [0.15, 0.2) is 10.1 Å². The Hall–Kier alpha value is -1.94. The Balaban J connectivity index is 1.75. The predicted octanol–water partition coefficient (Wildman–Crippen LogP) is 2.88. The molecule has 1 N–H and O–H groups in total. The molecule has 0 saturated carbocycles. The van der Waals surface area contributed by atoms with Crippen molar-refractivity contribution in [3.05, 3.63) is 71.3 Å². The van der Waals surface area contributed by atoms with E-state index in [2.05, 4.69) is 21.2 Å². The summed E-state index contributed by atoms with van der Waals surface area (Å²) in [5.74, 6) is -0.448. The molecule has 0 aliphatic heterocycles. The zero-order valence-electron chi connectivity index (χ0n) is 11.3. The Morgan fingerprint density at radius 3 is 2.48 bits per heavy atom. The van der Waals surface area contributed by atoms with Crippen LogP contribution < -0.4 is 5.32 Å². The highest BCUT2D eigenvalue weighted by Crippen LogP contribution is 2.36. The van der Waals surface area contributed by atoms with Crippen LogP contribution in [0.3, 0.4) is 0 Å². The van der Waals surface area contributed by atoms with Crippen molar-refractivity contribution in [2.45, 2.75) is 17.3 Å². The number of ketones is 1. The van der Waals surface area contributed by atoms with Crippen molar-refractivity contribution in [2.24, 2.45) is 0 Å². The molecule has 1 aliphatic carbocycles. The number of amides is 1. The van der Waals surface area contributed by atoms with E-state index in [4.69, 9.17) is 0 Å². The van der Waals surface area contributed by atoms with Crippen LogP contribution in [0.15, 0.2) is 54.6 Å². The van der Waals surface area contributed by atoms with Crippen molar-refractivity contribution < 1.29 is 9.59 Å². The summed E-state index contributed by atoms with van der Waals surface area (Å²) in [6, 6.07) is 17.0. The largest absolute Gasteiger partial charge is 0.350 e. The number of hydrogen-bond acceptors (Lipinski definition) is 2. The van der Waals surface area contributed by atoms with Gasteiger partial charge in [0.05, 0.1) is 0 Å². The molecule has 4 heteroatoms. The molecule has 0 aromatic heterocycles. The zero-order chi connectivity index (χ0) is 14.9. The molecule has 0 heterocycles. The fraction of sp³-hybridized carbons (Fsp3) is 0.176. The molecule has 3 rings (SSSR count). The number of carbonyl (C=O) groups excluding carboxylic acids is 2. The molecular weight excluding hydrogens is 330 g/mol. The normalized spacial score (nSPS) is 20.1. The monoisotopic (exact) mass is 343 g/mol. The summed E-state index contributed by atoms with van der Waals surface area (Å²) in [7, 11) is 0. The first kappa shape index (κ1) is 14.0. The lowest BCUT2D eigenvalue weighted by atomic mass is 10.0. The predicted molar refractivity (Wildman–Crippen MR) is 84.4 cm³/mol. The number of hydrogen-bond donors (Lipinski definition) is 1. The van der Waals surface area contributed by atoms with Gasteiger partial charge in [-0.05, 0) is 11.1 Å². The van der Waals surface area contributed by atoms with Crippen molar-refractivity contribution >= 4 is 27.6 Å². The Labute approximate surface area is 131 Å². The van der Waals surface area contributed by atoms with Crippen LogP contribution in [0, 0.1) is 0 Å². The van der Waals surface area contributed by atoms with Crippen LogP contribution in [0.5, 0.6) is 0 Å². The van der Waals surface area contributed by atoms with E-state index in [0.717, 1.165) is 11.1 Å². The fourth-order valence-corrected chi connectivity index (χ4v) is 3.21. The average molecular weight is 344 g/mol. The molecule has 1 amide bonds. The molecule has 2 aromatic rings. The zero-order valence-corrected chi connectivity index (χ0v) is 12.9. The van der Waals surface area contributed by atoms with Gasteiger partial charge in [0.2, 0.25) is 5.91 Å². The molecule has 106 valence electrons. The summed E-state index contributed by atoms with van der Waals surface area (Å²) in [5, 5.41) is 2.84. The molecule has 0 spiro atoms. The number of Topliss-reactive ketones (excluding diaryl/α,β-unsaturated/α-hetero) is 1. The fourth-order valence-electron chi connectivity index (χ4n) is 2.55. The van der Waals surface area contributed by atoms with E-state index < -0.39 is 4.32 Å². The van der Waals surface area contributed by atoms with Crippen LogP contribution in [-0.4, -0.2) is 16.0 Å². The summed E-state index contributed by atoms with van der Waals surface area (Å²) in [5.41, 5.74) is 2.54. The van der Waals surface area contributed by atoms with Gasteiger partial charge >= 0.3 is 0 Å². The molecule has 1 atom stereocenters. The van der Waals surface area contributed by atoms with Crippen LogP contribution in [-0.2, 0) is 17.8 Å². The second-order valence-corrected chi connectivity index (χ2v) is 6.49. The summed E-state index contributed by atoms with van der Waals surface area (Å²) >= 11 is 3.37. The Morgan fingerprint density at radius 1 is 1.10 bits per heavy atom. The van der Waals surface area contributed by atoms with E-state index >= 15 is 0 Å². The van der Waals surface area contributed by atoms with Gasteiger partial charge in [-0.25, -0.2) is 0 Å². The first-order valence-corrected chi connectivity index (χ1v) is 7.54. The van der Waals surface area contributed by atoms with Crippen LogP contribution >= 0.6 is 15.9 Å². The van der Waals surface area contributed by atoms with E-state index in [1.165, 1.54) is 0 Å². The number of benzene rings is 2. The summed E-state index contributed by atoms with van der Waals surface area (Å²) in [6.07, 6.45) is 0.391. The minimum absolute atomic E-state index is 0.163. The molecule has 0 unspecified atom stereocenters. The molecule has 0 saturated heterocycles. The number of rotatable bonds is 3. The van der Waals surface area contributed by atoms with Crippen molar-refractivity contribution in [1.29, 1.82) is 0 Å². The SMILES string of the molecule is O=C(NCc1ccccc1)[C@]1(Br)Cc2ccccc2C1=O. The highest BCUT2D eigenvalue weighted by atomic mass is 79.9. The molecule has 1 aliphatic rings. The first-order valence-electron chi connectivity index (χ1n) is 6.75. The number of halogens is 1. The number of alkyl halides is 1. The average Bonchev–Trinajstić information content (AvgIpc) is 2.79. The molecule has 3 nitrogen and oxygen atoms in total. The lowest BCUT2D eigenvalue weighted by Crippen LogP contribution is -2.46. The Bertz CT molecular complexity index is 699. The quantitative estimate of drug-likeness (QED) is 0.688. The second kappa shape index (κ2) is 5.45. The lowest BCUT2D eigenvalue weighted by Gasteiger charge is -2.19. The maximum Gasteiger partial charge on any atom is 0.245 e. The van der Waals surface area contributed by atoms with Gasteiger partial charge in [-0.2, -0.15) is 0 Å². The summed E-state index contributed by atoms with van der Waals surface area (Å²) in [4.78, 5) is 24.9. The number of fused-ring (bicyclic) bond motifs is 1. The number of nitrogens with one attached hydrogen (secondary N) is 1. The van der Waals surface area contributed by atoms with Crippen LogP contribution in [0.25, 0.3) is 0 Å². The third kappa shape index (κ3) is 2.51. The van der Waals surface area contributed by atoms with Crippen molar-refractivity contribution in [2.75, 3.05) is 0 Å². The highest BCUT2D eigenvalue weighted by molar-refractivity contribution is 9.10. The minimum Gasteiger partial charge on any atom is -0.350 e. The van der Waals surface area contributed by atoms with Gasteiger partial charge in [-0.15, -0.1) is 0 Å².